The molecule has 0 spiro atoms. The zero-order valence-electron chi connectivity index (χ0n) is 9.36. The van der Waals surface area contributed by atoms with Crippen LogP contribution in [0.1, 0.15) is 19.3 Å². The van der Waals surface area contributed by atoms with Crippen molar-refractivity contribution in [3.63, 3.8) is 0 Å². The molecule has 2 aliphatic rings. The Morgan fingerprint density at radius 1 is 1.44 bits per heavy atom. The van der Waals surface area contributed by atoms with Crippen LogP contribution in [0, 0.1) is 5.92 Å². The summed E-state index contributed by atoms with van der Waals surface area (Å²) < 4.78 is 15.1. The molecule has 4 heteroatoms. The van der Waals surface area contributed by atoms with Crippen LogP contribution in [-0.4, -0.2) is 26.4 Å². The van der Waals surface area contributed by atoms with Gasteiger partial charge in [0.1, 0.15) is 0 Å². The fourth-order valence-corrected chi connectivity index (χ4v) is 4.95. The van der Waals surface area contributed by atoms with Gasteiger partial charge in [0.15, 0.2) is 0 Å². The summed E-state index contributed by atoms with van der Waals surface area (Å²) in [4.78, 5) is 0. The summed E-state index contributed by atoms with van der Waals surface area (Å²) in [5, 5.41) is 4.43. The SMILES string of the molecule is C1=C[I-]C(COCC2CCCOCC2)=CS1. The number of rotatable bonds is 4. The summed E-state index contributed by atoms with van der Waals surface area (Å²) in [7, 11) is 0. The number of halogens is 1. The van der Waals surface area contributed by atoms with Crippen molar-refractivity contribution in [2.75, 3.05) is 26.4 Å². The van der Waals surface area contributed by atoms with E-state index in [2.05, 4.69) is 14.9 Å². The van der Waals surface area contributed by atoms with Crippen LogP contribution in [-0.2, 0) is 9.47 Å². The van der Waals surface area contributed by atoms with Gasteiger partial charge in [-0.25, -0.2) is 0 Å². The van der Waals surface area contributed by atoms with Crippen LogP contribution in [0.25, 0.3) is 0 Å². The molecular weight excluding hydrogens is 335 g/mol. The third-order valence-corrected chi connectivity index (χ3v) is 6.46. The van der Waals surface area contributed by atoms with E-state index in [1.807, 2.05) is 0 Å². The molecule has 1 fully saturated rings. The molecule has 0 radical (unpaired) electrons. The molecule has 0 aliphatic carbocycles. The molecular formula is C12H18IO2S-. The quantitative estimate of drug-likeness (QED) is 0.662. The molecule has 1 saturated heterocycles. The van der Waals surface area contributed by atoms with Gasteiger partial charge in [0.25, 0.3) is 0 Å². The van der Waals surface area contributed by atoms with Crippen molar-refractivity contribution in [3.8, 4) is 0 Å². The monoisotopic (exact) mass is 353 g/mol. The van der Waals surface area contributed by atoms with Gasteiger partial charge in [-0.3, -0.25) is 0 Å². The Morgan fingerprint density at radius 2 is 2.44 bits per heavy atom. The second-order valence-electron chi connectivity index (χ2n) is 4.00. The van der Waals surface area contributed by atoms with Crippen molar-refractivity contribution >= 4 is 11.8 Å². The molecule has 2 nitrogen and oxygen atoms in total. The number of hydrogen-bond acceptors (Lipinski definition) is 3. The Morgan fingerprint density at radius 3 is 3.31 bits per heavy atom. The maximum atomic E-state index is 5.82. The first kappa shape index (κ1) is 12.9. The van der Waals surface area contributed by atoms with Gasteiger partial charge in [-0.1, -0.05) is 0 Å². The first-order valence-electron chi connectivity index (χ1n) is 5.73. The molecule has 92 valence electrons. The molecule has 0 aromatic carbocycles. The van der Waals surface area contributed by atoms with Gasteiger partial charge in [-0.2, -0.15) is 0 Å². The molecule has 1 unspecified atom stereocenters. The third kappa shape index (κ3) is 4.77. The van der Waals surface area contributed by atoms with Gasteiger partial charge >= 0.3 is 113 Å². The van der Waals surface area contributed by atoms with Crippen LogP contribution < -0.4 is 21.2 Å². The number of ether oxygens (including phenoxy) is 2. The van der Waals surface area contributed by atoms with Gasteiger partial charge in [-0.15, -0.1) is 0 Å². The summed E-state index contributed by atoms with van der Waals surface area (Å²) in [6, 6.07) is 0. The van der Waals surface area contributed by atoms with Gasteiger partial charge in [0.05, 0.1) is 0 Å². The van der Waals surface area contributed by atoms with Gasteiger partial charge in [0.2, 0.25) is 0 Å². The number of hydrogen-bond donors (Lipinski definition) is 0. The third-order valence-electron chi connectivity index (χ3n) is 2.69. The molecule has 0 saturated carbocycles. The van der Waals surface area contributed by atoms with E-state index in [0.29, 0.717) is 5.92 Å². The van der Waals surface area contributed by atoms with E-state index in [9.17, 15) is 0 Å². The Labute approximate surface area is 112 Å². The molecule has 0 amide bonds. The van der Waals surface area contributed by atoms with E-state index in [4.69, 9.17) is 9.47 Å². The van der Waals surface area contributed by atoms with E-state index in [1.54, 1.807) is 11.8 Å². The summed E-state index contributed by atoms with van der Waals surface area (Å²) in [6.07, 6.45) is 3.63. The molecule has 1 atom stereocenters. The fourth-order valence-electron chi connectivity index (χ4n) is 1.80. The van der Waals surface area contributed by atoms with Crippen LogP contribution in [0.3, 0.4) is 0 Å². The maximum absolute atomic E-state index is 5.82. The predicted octanol–water partition coefficient (Wildman–Crippen LogP) is -0.0319. The van der Waals surface area contributed by atoms with E-state index in [-0.39, 0.29) is 21.2 Å². The van der Waals surface area contributed by atoms with Crippen molar-refractivity contribution < 1.29 is 30.7 Å². The summed E-state index contributed by atoms with van der Waals surface area (Å²) >= 11 is 1.90. The molecule has 0 N–H and O–H groups in total. The van der Waals surface area contributed by atoms with Crippen LogP contribution >= 0.6 is 11.8 Å². The topological polar surface area (TPSA) is 18.5 Å². The van der Waals surface area contributed by atoms with Gasteiger partial charge in [-0.05, 0) is 0 Å². The van der Waals surface area contributed by atoms with Crippen LogP contribution in [0.15, 0.2) is 18.5 Å². The Bertz CT molecular complexity index is 258. The van der Waals surface area contributed by atoms with Gasteiger partial charge < -0.3 is 0 Å². The Balaban J connectivity index is 1.61. The van der Waals surface area contributed by atoms with Crippen LogP contribution in [0.2, 0.25) is 0 Å². The van der Waals surface area contributed by atoms with E-state index in [0.717, 1.165) is 26.4 Å². The molecule has 0 bridgehead atoms. The zero-order chi connectivity index (χ0) is 11.1. The van der Waals surface area contributed by atoms with Crippen LogP contribution in [0.5, 0.6) is 0 Å². The summed E-state index contributed by atoms with van der Waals surface area (Å²) in [5.74, 6) is 0.716. The Hall–Kier alpha value is 0.480. The standard InChI is InChI=1S/C12H18IO2S/c1-2-11(3-6-14-5-1)8-15-9-12-10-16-7-4-13-12/h4,7,10-11H,1-3,5-6,8-9H2/q-1. The average molecular weight is 353 g/mol. The minimum atomic E-state index is 0.122. The van der Waals surface area contributed by atoms with E-state index >= 15 is 0 Å². The van der Waals surface area contributed by atoms with E-state index < -0.39 is 0 Å². The van der Waals surface area contributed by atoms with Crippen LogP contribution in [0.4, 0.5) is 0 Å². The second kappa shape index (κ2) is 7.74. The zero-order valence-corrected chi connectivity index (χ0v) is 12.3. The summed E-state index contributed by atoms with van der Waals surface area (Å²) in [5.41, 5.74) is 0. The van der Waals surface area contributed by atoms with Crippen molar-refractivity contribution in [2.45, 2.75) is 19.3 Å². The normalized spacial score (nSPS) is 26.8. The molecule has 16 heavy (non-hydrogen) atoms. The average Bonchev–Trinajstić information content (AvgIpc) is 2.59. The van der Waals surface area contributed by atoms with Crippen molar-refractivity contribution in [2.24, 2.45) is 5.92 Å². The molecule has 2 heterocycles. The van der Waals surface area contributed by atoms with Crippen molar-refractivity contribution in [3.05, 3.63) is 18.5 Å². The number of thioether (sulfide) groups is 1. The molecule has 0 aromatic heterocycles. The molecule has 2 rings (SSSR count). The van der Waals surface area contributed by atoms with Crippen molar-refractivity contribution in [1.82, 2.24) is 0 Å². The summed E-state index contributed by atoms with van der Waals surface area (Å²) in [6.45, 7) is 3.62. The minimum absolute atomic E-state index is 0.122. The Kier molecular flexibility index (Phi) is 6.25. The fraction of sp³-hybridized carbons (Fsp3) is 0.667. The second-order valence-corrected chi connectivity index (χ2v) is 7.50. The first-order chi connectivity index (χ1) is 7.95. The van der Waals surface area contributed by atoms with Gasteiger partial charge in [0, 0.05) is 0 Å². The molecule has 0 aromatic rings. The van der Waals surface area contributed by atoms with E-state index in [1.165, 1.54) is 22.8 Å². The molecule has 2 aliphatic heterocycles. The first-order valence-corrected chi connectivity index (χ1v) is 9.00. The predicted molar refractivity (Wildman–Crippen MR) is 63.8 cm³/mol. The van der Waals surface area contributed by atoms with Crippen molar-refractivity contribution in [1.29, 1.82) is 0 Å².